The molecule has 4 rings (SSSR count). The molecule has 4 heteroatoms. The summed E-state index contributed by atoms with van der Waals surface area (Å²) in [6.45, 7) is 4.46. The van der Waals surface area contributed by atoms with Crippen LogP contribution in [0.15, 0.2) is 65.8 Å². The highest BCUT2D eigenvalue weighted by atomic mass is 16.5. The van der Waals surface area contributed by atoms with Gasteiger partial charge in [-0.3, -0.25) is 9.91 Å². The Kier molecular flexibility index (Phi) is 4.58. The van der Waals surface area contributed by atoms with Crippen LogP contribution in [0, 0.1) is 0 Å². The molecule has 1 fully saturated rings. The van der Waals surface area contributed by atoms with Gasteiger partial charge in [0, 0.05) is 19.5 Å². The Morgan fingerprint density at radius 3 is 2.29 bits per heavy atom. The lowest BCUT2D eigenvalue weighted by molar-refractivity contribution is 0.00382. The first-order valence-corrected chi connectivity index (χ1v) is 8.65. The maximum absolute atomic E-state index is 5.47. The SMILES string of the molecule is c1ccc(C2=NN(CN3CCOCC3)[C@@H](c3ccccc3)C2)cc1. The summed E-state index contributed by atoms with van der Waals surface area (Å²) >= 11 is 0. The highest BCUT2D eigenvalue weighted by Gasteiger charge is 2.30. The quantitative estimate of drug-likeness (QED) is 0.866. The van der Waals surface area contributed by atoms with Gasteiger partial charge < -0.3 is 4.74 Å². The predicted molar refractivity (Wildman–Crippen MR) is 95.9 cm³/mol. The van der Waals surface area contributed by atoms with E-state index in [2.05, 4.69) is 70.6 Å². The molecule has 0 unspecified atom stereocenters. The molecule has 0 radical (unpaired) electrons. The molecule has 24 heavy (non-hydrogen) atoms. The van der Waals surface area contributed by atoms with Crippen LogP contribution in [0.25, 0.3) is 0 Å². The number of rotatable bonds is 4. The molecule has 0 aliphatic carbocycles. The molecule has 2 heterocycles. The van der Waals surface area contributed by atoms with E-state index in [-0.39, 0.29) is 0 Å². The van der Waals surface area contributed by atoms with Gasteiger partial charge in [0.05, 0.1) is 31.6 Å². The Morgan fingerprint density at radius 2 is 1.58 bits per heavy atom. The highest BCUT2D eigenvalue weighted by molar-refractivity contribution is 6.01. The van der Waals surface area contributed by atoms with Crippen molar-refractivity contribution >= 4 is 5.71 Å². The molecule has 124 valence electrons. The van der Waals surface area contributed by atoms with Gasteiger partial charge in [-0.1, -0.05) is 60.7 Å². The van der Waals surface area contributed by atoms with E-state index < -0.39 is 0 Å². The van der Waals surface area contributed by atoms with E-state index in [4.69, 9.17) is 9.84 Å². The predicted octanol–water partition coefficient (Wildman–Crippen LogP) is 3.13. The van der Waals surface area contributed by atoms with E-state index in [1.807, 2.05) is 0 Å². The zero-order valence-corrected chi connectivity index (χ0v) is 13.8. The second kappa shape index (κ2) is 7.16. The molecular formula is C20H23N3O. The van der Waals surface area contributed by atoms with Gasteiger partial charge in [-0.25, -0.2) is 0 Å². The third kappa shape index (κ3) is 3.35. The number of hydrogen-bond donors (Lipinski definition) is 0. The largest absolute Gasteiger partial charge is 0.379 e. The van der Waals surface area contributed by atoms with Crippen LogP contribution in [0.3, 0.4) is 0 Å². The molecule has 1 atom stereocenters. The van der Waals surface area contributed by atoms with Crippen LogP contribution >= 0.6 is 0 Å². The lowest BCUT2D eigenvalue weighted by atomic mass is 9.99. The van der Waals surface area contributed by atoms with Crippen LogP contribution in [0.2, 0.25) is 0 Å². The molecule has 4 nitrogen and oxygen atoms in total. The smallest absolute Gasteiger partial charge is 0.0888 e. The van der Waals surface area contributed by atoms with Crippen LogP contribution in [-0.4, -0.2) is 48.6 Å². The van der Waals surface area contributed by atoms with Crippen LogP contribution < -0.4 is 0 Å². The minimum absolute atomic E-state index is 0.309. The van der Waals surface area contributed by atoms with Gasteiger partial charge in [0.15, 0.2) is 0 Å². The van der Waals surface area contributed by atoms with Crippen LogP contribution in [-0.2, 0) is 4.74 Å². The molecule has 0 aromatic heterocycles. The first kappa shape index (κ1) is 15.4. The molecule has 0 saturated carbocycles. The molecule has 0 spiro atoms. The minimum atomic E-state index is 0.309. The second-order valence-corrected chi connectivity index (χ2v) is 6.35. The highest BCUT2D eigenvalue weighted by Crippen LogP contribution is 2.32. The van der Waals surface area contributed by atoms with Crippen molar-refractivity contribution in [2.75, 3.05) is 33.0 Å². The van der Waals surface area contributed by atoms with Gasteiger partial charge >= 0.3 is 0 Å². The molecule has 0 bridgehead atoms. The van der Waals surface area contributed by atoms with E-state index in [1.165, 1.54) is 16.8 Å². The van der Waals surface area contributed by atoms with Crippen LogP contribution in [0.1, 0.15) is 23.6 Å². The number of hydrazone groups is 1. The Labute approximate surface area is 143 Å². The number of benzene rings is 2. The van der Waals surface area contributed by atoms with Crippen molar-refractivity contribution in [3.8, 4) is 0 Å². The maximum atomic E-state index is 5.47. The van der Waals surface area contributed by atoms with Crippen LogP contribution in [0.4, 0.5) is 0 Å². The number of hydrogen-bond acceptors (Lipinski definition) is 4. The van der Waals surface area contributed by atoms with E-state index >= 15 is 0 Å². The molecule has 1 saturated heterocycles. The first-order valence-electron chi connectivity index (χ1n) is 8.65. The summed E-state index contributed by atoms with van der Waals surface area (Å²) in [5.74, 6) is 0. The molecule has 2 aromatic carbocycles. The lowest BCUT2D eigenvalue weighted by Gasteiger charge is -2.33. The van der Waals surface area contributed by atoms with Gasteiger partial charge in [-0.15, -0.1) is 0 Å². The van der Waals surface area contributed by atoms with Crippen molar-refractivity contribution in [3.05, 3.63) is 71.8 Å². The summed E-state index contributed by atoms with van der Waals surface area (Å²) in [4.78, 5) is 2.43. The molecule has 2 aliphatic rings. The average Bonchev–Trinajstić information content (AvgIpc) is 3.08. The van der Waals surface area contributed by atoms with Crippen molar-refractivity contribution in [2.24, 2.45) is 5.10 Å². The number of ether oxygens (including phenoxy) is 1. The maximum Gasteiger partial charge on any atom is 0.0888 e. The minimum Gasteiger partial charge on any atom is -0.379 e. The summed E-state index contributed by atoms with van der Waals surface area (Å²) in [7, 11) is 0. The second-order valence-electron chi connectivity index (χ2n) is 6.35. The monoisotopic (exact) mass is 321 g/mol. The Balaban J connectivity index is 1.58. The van der Waals surface area contributed by atoms with Crippen molar-refractivity contribution in [3.63, 3.8) is 0 Å². The normalized spacial score (nSPS) is 21.8. The Hall–Kier alpha value is -2.17. The fourth-order valence-corrected chi connectivity index (χ4v) is 3.40. The lowest BCUT2D eigenvalue weighted by Crippen LogP contribution is -2.42. The zero-order chi connectivity index (χ0) is 16.2. The van der Waals surface area contributed by atoms with Gasteiger partial charge in [0.1, 0.15) is 0 Å². The van der Waals surface area contributed by atoms with Crippen LogP contribution in [0.5, 0.6) is 0 Å². The van der Waals surface area contributed by atoms with Crippen molar-refractivity contribution < 1.29 is 4.74 Å². The summed E-state index contributed by atoms with van der Waals surface area (Å²) in [6, 6.07) is 21.6. The van der Waals surface area contributed by atoms with Gasteiger partial charge in [-0.05, 0) is 11.1 Å². The summed E-state index contributed by atoms with van der Waals surface area (Å²) in [5, 5.41) is 7.23. The molecule has 2 aliphatic heterocycles. The number of nitrogens with zero attached hydrogens (tertiary/aromatic N) is 3. The third-order valence-electron chi connectivity index (χ3n) is 4.74. The average molecular weight is 321 g/mol. The zero-order valence-electron chi connectivity index (χ0n) is 13.8. The van der Waals surface area contributed by atoms with Gasteiger partial charge in [0.2, 0.25) is 0 Å². The Bertz CT molecular complexity index is 681. The Morgan fingerprint density at radius 1 is 0.917 bits per heavy atom. The third-order valence-corrected chi connectivity index (χ3v) is 4.74. The molecular weight excluding hydrogens is 298 g/mol. The summed E-state index contributed by atoms with van der Waals surface area (Å²) < 4.78 is 5.47. The van der Waals surface area contributed by atoms with Gasteiger partial charge in [0.25, 0.3) is 0 Å². The first-order chi connectivity index (χ1) is 11.9. The summed E-state index contributed by atoms with van der Waals surface area (Å²) in [6.07, 6.45) is 0.957. The van der Waals surface area contributed by atoms with Crippen molar-refractivity contribution in [2.45, 2.75) is 12.5 Å². The van der Waals surface area contributed by atoms with E-state index in [1.54, 1.807) is 0 Å². The summed E-state index contributed by atoms with van der Waals surface area (Å²) in [5.41, 5.74) is 3.74. The van der Waals surface area contributed by atoms with E-state index in [0.29, 0.717) is 6.04 Å². The number of morpholine rings is 1. The topological polar surface area (TPSA) is 28.1 Å². The fraction of sp³-hybridized carbons (Fsp3) is 0.350. The molecule has 0 amide bonds. The standard InChI is InChI=1S/C20H23N3O/c1-3-7-17(8-4-1)19-15-20(18-9-5-2-6-10-18)23(21-19)16-22-11-13-24-14-12-22/h1-10,20H,11-16H2/t20-/m1/s1. The molecule has 2 aromatic rings. The van der Waals surface area contributed by atoms with Crippen molar-refractivity contribution in [1.29, 1.82) is 0 Å². The molecule has 0 N–H and O–H groups in total. The van der Waals surface area contributed by atoms with E-state index in [9.17, 15) is 0 Å². The fourth-order valence-electron chi connectivity index (χ4n) is 3.40. The van der Waals surface area contributed by atoms with E-state index in [0.717, 1.165) is 39.4 Å². The van der Waals surface area contributed by atoms with Gasteiger partial charge in [-0.2, -0.15) is 5.10 Å². The van der Waals surface area contributed by atoms with Crippen molar-refractivity contribution in [1.82, 2.24) is 9.91 Å².